The van der Waals surface area contributed by atoms with Gasteiger partial charge in [-0.1, -0.05) is 0 Å². The van der Waals surface area contributed by atoms with Gasteiger partial charge in [-0.05, 0) is 38.7 Å². The van der Waals surface area contributed by atoms with E-state index in [1.807, 2.05) is 6.20 Å². The molecule has 0 spiro atoms. The molecule has 2 N–H and O–H groups in total. The van der Waals surface area contributed by atoms with Crippen LogP contribution < -0.4 is 5.73 Å². The summed E-state index contributed by atoms with van der Waals surface area (Å²) in [6.07, 6.45) is 6.70. The summed E-state index contributed by atoms with van der Waals surface area (Å²) in [4.78, 5) is 0. The van der Waals surface area contributed by atoms with E-state index in [1.165, 1.54) is 31.4 Å². The molecule has 1 aliphatic rings. The summed E-state index contributed by atoms with van der Waals surface area (Å²) < 4.78 is 2.11. The van der Waals surface area contributed by atoms with Gasteiger partial charge in [-0.3, -0.25) is 4.68 Å². The van der Waals surface area contributed by atoms with Crippen molar-refractivity contribution in [3.63, 3.8) is 0 Å². The van der Waals surface area contributed by atoms with Crippen LogP contribution in [0.3, 0.4) is 0 Å². The van der Waals surface area contributed by atoms with Gasteiger partial charge in [0, 0.05) is 30.4 Å². The predicted molar refractivity (Wildman–Crippen MR) is 57.1 cm³/mol. The predicted octanol–water partition coefficient (Wildman–Crippen LogP) is 1.89. The minimum Gasteiger partial charge on any atom is -0.328 e. The van der Waals surface area contributed by atoms with Gasteiger partial charge < -0.3 is 5.73 Å². The highest BCUT2D eigenvalue weighted by molar-refractivity contribution is 5.09. The van der Waals surface area contributed by atoms with Crippen molar-refractivity contribution in [2.45, 2.75) is 51.1 Å². The topological polar surface area (TPSA) is 43.8 Å². The van der Waals surface area contributed by atoms with Crippen molar-refractivity contribution in [1.29, 1.82) is 0 Å². The number of hydrogen-bond acceptors (Lipinski definition) is 2. The highest BCUT2D eigenvalue weighted by Crippen LogP contribution is 2.31. The van der Waals surface area contributed by atoms with Gasteiger partial charge in [0.05, 0.1) is 0 Å². The number of hydrogen-bond donors (Lipinski definition) is 1. The SMILES string of the molecule is CCn1nccc1C1CCC(N)CC1. The van der Waals surface area contributed by atoms with Crippen LogP contribution in [0.25, 0.3) is 0 Å². The average Bonchev–Trinajstić information content (AvgIpc) is 2.67. The molecule has 1 aliphatic carbocycles. The van der Waals surface area contributed by atoms with Crippen LogP contribution in [0.5, 0.6) is 0 Å². The third kappa shape index (κ3) is 1.82. The first kappa shape index (κ1) is 9.71. The summed E-state index contributed by atoms with van der Waals surface area (Å²) in [5, 5.41) is 4.31. The Kier molecular flexibility index (Phi) is 2.87. The Hall–Kier alpha value is -0.830. The van der Waals surface area contributed by atoms with Crippen molar-refractivity contribution in [3.8, 4) is 0 Å². The van der Waals surface area contributed by atoms with E-state index in [0.717, 1.165) is 6.54 Å². The summed E-state index contributed by atoms with van der Waals surface area (Å²) in [5.74, 6) is 0.692. The lowest BCUT2D eigenvalue weighted by Crippen LogP contribution is -2.26. The molecule has 1 fully saturated rings. The van der Waals surface area contributed by atoms with Gasteiger partial charge in [0.15, 0.2) is 0 Å². The summed E-state index contributed by atoms with van der Waals surface area (Å²) in [6, 6.07) is 2.59. The molecule has 14 heavy (non-hydrogen) atoms. The largest absolute Gasteiger partial charge is 0.328 e. The molecular weight excluding hydrogens is 174 g/mol. The second-order valence-corrected chi connectivity index (χ2v) is 4.18. The summed E-state index contributed by atoms with van der Waals surface area (Å²) >= 11 is 0. The molecule has 2 rings (SSSR count). The molecule has 0 radical (unpaired) electrons. The Morgan fingerprint density at radius 1 is 1.43 bits per heavy atom. The third-order valence-electron chi connectivity index (χ3n) is 3.24. The van der Waals surface area contributed by atoms with Gasteiger partial charge in [0.2, 0.25) is 0 Å². The number of aromatic nitrogens is 2. The first-order valence-electron chi connectivity index (χ1n) is 5.58. The third-order valence-corrected chi connectivity index (χ3v) is 3.24. The van der Waals surface area contributed by atoms with Gasteiger partial charge >= 0.3 is 0 Å². The normalized spacial score (nSPS) is 27.9. The van der Waals surface area contributed by atoms with Crippen molar-refractivity contribution in [1.82, 2.24) is 9.78 Å². The fourth-order valence-corrected chi connectivity index (χ4v) is 2.37. The molecule has 1 aromatic rings. The first-order valence-corrected chi connectivity index (χ1v) is 5.58. The van der Waals surface area contributed by atoms with Crippen LogP contribution in [-0.4, -0.2) is 15.8 Å². The van der Waals surface area contributed by atoms with Crippen molar-refractivity contribution < 1.29 is 0 Å². The van der Waals surface area contributed by atoms with Crippen LogP contribution in [0, 0.1) is 0 Å². The molecule has 0 unspecified atom stereocenters. The first-order chi connectivity index (χ1) is 6.81. The molecule has 0 amide bonds. The number of rotatable bonds is 2. The van der Waals surface area contributed by atoms with E-state index >= 15 is 0 Å². The molecule has 1 heterocycles. The zero-order valence-electron chi connectivity index (χ0n) is 8.82. The van der Waals surface area contributed by atoms with Crippen LogP contribution in [0.1, 0.15) is 44.2 Å². The smallest absolute Gasteiger partial charge is 0.0492 e. The molecule has 0 saturated heterocycles. The number of nitrogens with two attached hydrogens (primary N) is 1. The van der Waals surface area contributed by atoms with Crippen LogP contribution >= 0.6 is 0 Å². The molecular formula is C11H19N3. The lowest BCUT2D eigenvalue weighted by Gasteiger charge is -2.26. The Morgan fingerprint density at radius 3 is 2.79 bits per heavy atom. The van der Waals surface area contributed by atoms with E-state index in [1.54, 1.807) is 0 Å². The zero-order chi connectivity index (χ0) is 9.97. The van der Waals surface area contributed by atoms with Crippen molar-refractivity contribution in [2.75, 3.05) is 0 Å². The van der Waals surface area contributed by atoms with Gasteiger partial charge in [0.25, 0.3) is 0 Å². The van der Waals surface area contributed by atoms with Crippen LogP contribution in [0.4, 0.5) is 0 Å². The fourth-order valence-electron chi connectivity index (χ4n) is 2.37. The quantitative estimate of drug-likeness (QED) is 0.779. The molecule has 1 saturated carbocycles. The molecule has 3 heteroatoms. The van der Waals surface area contributed by atoms with Gasteiger partial charge in [-0.2, -0.15) is 5.10 Å². The lowest BCUT2D eigenvalue weighted by molar-refractivity contribution is 0.378. The number of aryl methyl sites for hydroxylation is 1. The van der Waals surface area contributed by atoms with Crippen LogP contribution in [-0.2, 0) is 6.54 Å². The second-order valence-electron chi connectivity index (χ2n) is 4.18. The molecule has 1 aromatic heterocycles. The average molecular weight is 193 g/mol. The zero-order valence-corrected chi connectivity index (χ0v) is 8.82. The minimum atomic E-state index is 0.434. The summed E-state index contributed by atoms with van der Waals surface area (Å²) in [6.45, 7) is 3.12. The molecule has 0 aliphatic heterocycles. The molecule has 0 atom stereocenters. The van der Waals surface area contributed by atoms with E-state index in [-0.39, 0.29) is 0 Å². The van der Waals surface area contributed by atoms with Crippen molar-refractivity contribution in [3.05, 3.63) is 18.0 Å². The van der Waals surface area contributed by atoms with E-state index in [0.29, 0.717) is 12.0 Å². The Balaban J connectivity index is 2.08. The van der Waals surface area contributed by atoms with E-state index in [9.17, 15) is 0 Å². The minimum absolute atomic E-state index is 0.434. The second kappa shape index (κ2) is 4.13. The summed E-state index contributed by atoms with van der Waals surface area (Å²) in [5.41, 5.74) is 7.30. The monoisotopic (exact) mass is 193 g/mol. The van der Waals surface area contributed by atoms with Crippen LogP contribution in [0.15, 0.2) is 12.3 Å². The maximum atomic E-state index is 5.90. The highest BCUT2D eigenvalue weighted by atomic mass is 15.3. The molecule has 0 aromatic carbocycles. The van der Waals surface area contributed by atoms with Crippen molar-refractivity contribution in [2.24, 2.45) is 5.73 Å². The Morgan fingerprint density at radius 2 is 2.14 bits per heavy atom. The molecule has 3 nitrogen and oxygen atoms in total. The van der Waals surface area contributed by atoms with E-state index in [4.69, 9.17) is 5.73 Å². The standard InChI is InChI=1S/C11H19N3/c1-2-14-11(7-8-13-14)9-3-5-10(12)6-4-9/h7-10H,2-6,12H2,1H3. The molecule has 0 bridgehead atoms. The fraction of sp³-hybridized carbons (Fsp3) is 0.727. The van der Waals surface area contributed by atoms with E-state index in [2.05, 4.69) is 22.8 Å². The number of nitrogens with zero attached hydrogens (tertiary/aromatic N) is 2. The van der Waals surface area contributed by atoms with Crippen LogP contribution in [0.2, 0.25) is 0 Å². The summed E-state index contributed by atoms with van der Waals surface area (Å²) in [7, 11) is 0. The Labute approximate surface area is 85.3 Å². The maximum Gasteiger partial charge on any atom is 0.0492 e. The van der Waals surface area contributed by atoms with Gasteiger partial charge in [0.1, 0.15) is 0 Å². The van der Waals surface area contributed by atoms with Gasteiger partial charge in [-0.15, -0.1) is 0 Å². The lowest BCUT2D eigenvalue weighted by atomic mass is 9.84. The molecule has 78 valence electrons. The van der Waals surface area contributed by atoms with Crippen molar-refractivity contribution >= 4 is 0 Å². The highest BCUT2D eigenvalue weighted by Gasteiger charge is 2.22. The van der Waals surface area contributed by atoms with Gasteiger partial charge in [-0.25, -0.2) is 0 Å². The maximum absolute atomic E-state index is 5.90. The van der Waals surface area contributed by atoms with E-state index < -0.39 is 0 Å². The Bertz CT molecular complexity index is 284.